The van der Waals surface area contributed by atoms with Crippen molar-refractivity contribution in [2.45, 2.75) is 25.0 Å². The van der Waals surface area contributed by atoms with Gasteiger partial charge < -0.3 is 10.1 Å². The Morgan fingerprint density at radius 2 is 1.50 bits per heavy atom. The molecule has 1 aliphatic heterocycles. The van der Waals surface area contributed by atoms with Crippen LogP contribution in [-0.4, -0.2) is 13.2 Å². The molecule has 26 heavy (non-hydrogen) atoms. The maximum Gasteiger partial charge on any atom is 0.0720 e. The summed E-state index contributed by atoms with van der Waals surface area (Å²) in [6.07, 6.45) is 1.01. The average Bonchev–Trinajstić information content (AvgIpc) is 2.73. The van der Waals surface area contributed by atoms with Crippen LogP contribution >= 0.6 is 0 Å². The van der Waals surface area contributed by atoms with Crippen molar-refractivity contribution >= 4 is 0 Å². The molecule has 3 aromatic carbocycles. The highest BCUT2D eigenvalue weighted by atomic mass is 16.5. The number of hydrogen-bond acceptors (Lipinski definition) is 2. The topological polar surface area (TPSA) is 21.3 Å². The lowest BCUT2D eigenvalue weighted by Gasteiger charge is -2.40. The molecule has 1 unspecified atom stereocenters. The first-order chi connectivity index (χ1) is 12.9. The van der Waals surface area contributed by atoms with Crippen LogP contribution in [0.4, 0.5) is 0 Å². The Labute approximate surface area is 155 Å². The molecule has 0 spiro atoms. The molecule has 1 atom stereocenters. The number of rotatable bonds is 6. The number of ether oxygens (including phenoxy) is 1. The van der Waals surface area contributed by atoms with E-state index in [0.29, 0.717) is 6.61 Å². The van der Waals surface area contributed by atoms with Crippen molar-refractivity contribution in [2.75, 3.05) is 13.2 Å². The standard InChI is InChI=1S/C24H25NO/c1-3-9-20(10-4-1)17-25-16-15-24(22-12-5-2-6-13-22)19-26-18-21-11-7-8-14-23(21)24/h1-14,25H,15-19H2. The summed E-state index contributed by atoms with van der Waals surface area (Å²) >= 11 is 0. The van der Waals surface area contributed by atoms with Crippen molar-refractivity contribution in [2.24, 2.45) is 0 Å². The third-order valence-electron chi connectivity index (χ3n) is 5.37. The number of benzene rings is 3. The van der Waals surface area contributed by atoms with Crippen LogP contribution in [-0.2, 0) is 23.3 Å². The van der Waals surface area contributed by atoms with Crippen molar-refractivity contribution < 1.29 is 4.74 Å². The second-order valence-corrected chi connectivity index (χ2v) is 7.01. The fraction of sp³-hybridized carbons (Fsp3) is 0.250. The van der Waals surface area contributed by atoms with Gasteiger partial charge in [0.2, 0.25) is 0 Å². The first kappa shape index (κ1) is 17.0. The van der Waals surface area contributed by atoms with Crippen molar-refractivity contribution in [3.05, 3.63) is 107 Å². The van der Waals surface area contributed by atoms with Gasteiger partial charge in [-0.05, 0) is 35.2 Å². The maximum absolute atomic E-state index is 6.05. The normalized spacial score (nSPS) is 19.1. The zero-order valence-corrected chi connectivity index (χ0v) is 15.0. The second-order valence-electron chi connectivity index (χ2n) is 7.01. The SMILES string of the molecule is c1ccc(CNCCC2(c3ccccc3)COCc3ccccc32)cc1. The maximum atomic E-state index is 6.05. The van der Waals surface area contributed by atoms with Crippen LogP contribution in [0.15, 0.2) is 84.9 Å². The molecule has 0 bridgehead atoms. The van der Waals surface area contributed by atoms with Gasteiger partial charge in [0.05, 0.1) is 13.2 Å². The minimum Gasteiger partial charge on any atom is -0.375 e. The number of fused-ring (bicyclic) bond motifs is 1. The molecular weight excluding hydrogens is 318 g/mol. The van der Waals surface area contributed by atoms with Gasteiger partial charge in [-0.15, -0.1) is 0 Å². The minimum absolute atomic E-state index is 0.0835. The van der Waals surface area contributed by atoms with Gasteiger partial charge in [0.25, 0.3) is 0 Å². The predicted octanol–water partition coefficient (Wildman–Crippen LogP) is 4.68. The molecule has 0 amide bonds. The van der Waals surface area contributed by atoms with Gasteiger partial charge in [-0.3, -0.25) is 0 Å². The summed E-state index contributed by atoms with van der Waals surface area (Å²) in [6, 6.07) is 30.1. The van der Waals surface area contributed by atoms with E-state index < -0.39 is 0 Å². The molecule has 1 N–H and O–H groups in total. The Balaban J connectivity index is 1.57. The quantitative estimate of drug-likeness (QED) is 0.656. The fourth-order valence-electron chi connectivity index (χ4n) is 4.00. The first-order valence-electron chi connectivity index (χ1n) is 9.35. The summed E-state index contributed by atoms with van der Waals surface area (Å²) in [6.45, 7) is 3.29. The molecule has 132 valence electrons. The minimum atomic E-state index is -0.0835. The predicted molar refractivity (Wildman–Crippen MR) is 106 cm³/mol. The summed E-state index contributed by atoms with van der Waals surface area (Å²) in [7, 11) is 0. The van der Waals surface area contributed by atoms with Gasteiger partial charge in [-0.2, -0.15) is 0 Å². The smallest absolute Gasteiger partial charge is 0.0720 e. The molecule has 0 saturated carbocycles. The van der Waals surface area contributed by atoms with E-state index in [2.05, 4.69) is 90.2 Å². The van der Waals surface area contributed by atoms with Crippen molar-refractivity contribution in [3.8, 4) is 0 Å². The van der Waals surface area contributed by atoms with Gasteiger partial charge in [0.15, 0.2) is 0 Å². The van der Waals surface area contributed by atoms with Crippen molar-refractivity contribution in [3.63, 3.8) is 0 Å². The molecule has 0 aromatic heterocycles. The zero-order valence-electron chi connectivity index (χ0n) is 15.0. The summed E-state index contributed by atoms with van der Waals surface area (Å²) in [4.78, 5) is 0. The van der Waals surface area contributed by atoms with Crippen LogP contribution in [0.3, 0.4) is 0 Å². The monoisotopic (exact) mass is 343 g/mol. The van der Waals surface area contributed by atoms with Gasteiger partial charge in [0, 0.05) is 12.0 Å². The molecule has 4 rings (SSSR count). The van der Waals surface area contributed by atoms with Crippen LogP contribution < -0.4 is 5.32 Å². The highest BCUT2D eigenvalue weighted by Gasteiger charge is 2.38. The van der Waals surface area contributed by atoms with Crippen LogP contribution in [0.2, 0.25) is 0 Å². The molecule has 0 aliphatic carbocycles. The van der Waals surface area contributed by atoms with Crippen LogP contribution in [0.25, 0.3) is 0 Å². The van der Waals surface area contributed by atoms with E-state index in [1.807, 2.05) is 0 Å². The second kappa shape index (κ2) is 7.86. The molecule has 2 heteroatoms. The number of hydrogen-bond donors (Lipinski definition) is 1. The Hall–Kier alpha value is -2.42. The highest BCUT2D eigenvalue weighted by Crippen LogP contribution is 2.40. The molecule has 2 nitrogen and oxygen atoms in total. The highest BCUT2D eigenvalue weighted by molar-refractivity contribution is 5.45. The fourth-order valence-corrected chi connectivity index (χ4v) is 4.00. The molecule has 0 saturated heterocycles. The lowest BCUT2D eigenvalue weighted by Crippen LogP contribution is -2.40. The van der Waals surface area contributed by atoms with Crippen molar-refractivity contribution in [1.82, 2.24) is 5.32 Å². The largest absolute Gasteiger partial charge is 0.375 e. The Morgan fingerprint density at radius 1 is 0.808 bits per heavy atom. The van der Waals surface area contributed by atoms with E-state index in [1.165, 1.54) is 22.3 Å². The van der Waals surface area contributed by atoms with Gasteiger partial charge in [-0.1, -0.05) is 84.9 Å². The van der Waals surface area contributed by atoms with Gasteiger partial charge >= 0.3 is 0 Å². The third kappa shape index (κ3) is 3.44. The molecule has 1 aliphatic rings. The third-order valence-corrected chi connectivity index (χ3v) is 5.37. The molecule has 0 fully saturated rings. The van der Waals surface area contributed by atoms with Crippen molar-refractivity contribution in [1.29, 1.82) is 0 Å². The van der Waals surface area contributed by atoms with E-state index >= 15 is 0 Å². The molecule has 1 heterocycles. The van der Waals surface area contributed by atoms with Gasteiger partial charge in [0.1, 0.15) is 0 Å². The van der Waals surface area contributed by atoms with E-state index in [9.17, 15) is 0 Å². The summed E-state index contributed by atoms with van der Waals surface area (Å²) < 4.78 is 6.05. The van der Waals surface area contributed by atoms with E-state index in [1.54, 1.807) is 0 Å². The van der Waals surface area contributed by atoms with Gasteiger partial charge in [-0.25, -0.2) is 0 Å². The lowest BCUT2D eigenvalue weighted by atomic mass is 9.70. The zero-order chi connectivity index (χ0) is 17.7. The average molecular weight is 343 g/mol. The van der Waals surface area contributed by atoms with E-state index in [0.717, 1.165) is 26.1 Å². The summed E-state index contributed by atoms with van der Waals surface area (Å²) in [5, 5.41) is 3.62. The number of nitrogens with one attached hydrogen (secondary N) is 1. The molecular formula is C24H25NO. The molecule has 0 radical (unpaired) electrons. The van der Waals surface area contributed by atoms with E-state index in [-0.39, 0.29) is 5.41 Å². The summed E-state index contributed by atoms with van der Waals surface area (Å²) in [5.74, 6) is 0. The summed E-state index contributed by atoms with van der Waals surface area (Å²) in [5.41, 5.74) is 5.31. The Kier molecular flexibility index (Phi) is 5.14. The Bertz CT molecular complexity index is 831. The Morgan fingerprint density at radius 3 is 2.31 bits per heavy atom. The lowest BCUT2D eigenvalue weighted by molar-refractivity contribution is 0.0620. The first-order valence-corrected chi connectivity index (χ1v) is 9.35. The molecule has 3 aromatic rings. The van der Waals surface area contributed by atoms with E-state index in [4.69, 9.17) is 4.74 Å². The van der Waals surface area contributed by atoms with Crippen LogP contribution in [0.1, 0.15) is 28.7 Å². The van der Waals surface area contributed by atoms with Crippen LogP contribution in [0, 0.1) is 0 Å². The van der Waals surface area contributed by atoms with Crippen LogP contribution in [0.5, 0.6) is 0 Å².